The van der Waals surface area contributed by atoms with Crippen molar-refractivity contribution in [3.05, 3.63) is 66.7 Å². The SMILES string of the molecule is C=CCOc1ccccc1C(=O)Nc1cccc(-c2nnnn2C)c1. The van der Waals surface area contributed by atoms with Crippen LogP contribution in [-0.4, -0.2) is 32.7 Å². The number of para-hydroxylation sites is 1. The molecule has 1 amide bonds. The number of amides is 1. The third-order valence-electron chi connectivity index (χ3n) is 3.49. The van der Waals surface area contributed by atoms with Gasteiger partial charge in [0.25, 0.3) is 5.91 Å². The summed E-state index contributed by atoms with van der Waals surface area (Å²) < 4.78 is 7.10. The number of carbonyl (C=O) groups excluding carboxylic acids is 1. The first-order valence-corrected chi connectivity index (χ1v) is 7.66. The Bertz CT molecular complexity index is 904. The van der Waals surface area contributed by atoms with Gasteiger partial charge in [-0.3, -0.25) is 4.79 Å². The lowest BCUT2D eigenvalue weighted by molar-refractivity contribution is 0.102. The molecular formula is C18H17N5O2. The van der Waals surface area contributed by atoms with Crippen LogP contribution >= 0.6 is 0 Å². The molecule has 0 atom stereocenters. The minimum Gasteiger partial charge on any atom is -0.489 e. The highest BCUT2D eigenvalue weighted by atomic mass is 16.5. The highest BCUT2D eigenvalue weighted by molar-refractivity contribution is 6.06. The Morgan fingerprint density at radius 3 is 2.88 bits per heavy atom. The monoisotopic (exact) mass is 335 g/mol. The second-order valence-electron chi connectivity index (χ2n) is 5.26. The lowest BCUT2D eigenvalue weighted by atomic mass is 10.1. The molecule has 0 aliphatic carbocycles. The molecule has 0 bridgehead atoms. The van der Waals surface area contributed by atoms with Crippen molar-refractivity contribution in [3.63, 3.8) is 0 Å². The van der Waals surface area contributed by atoms with Crippen molar-refractivity contribution in [2.24, 2.45) is 7.05 Å². The van der Waals surface area contributed by atoms with E-state index in [1.807, 2.05) is 24.3 Å². The van der Waals surface area contributed by atoms with Gasteiger partial charge in [-0.15, -0.1) is 5.10 Å². The fourth-order valence-electron chi connectivity index (χ4n) is 2.34. The molecule has 0 unspecified atom stereocenters. The smallest absolute Gasteiger partial charge is 0.259 e. The standard InChI is InChI=1S/C18H17N5O2/c1-3-11-25-16-10-5-4-9-15(16)18(24)19-14-8-6-7-13(12-14)17-20-21-22-23(17)2/h3-10,12H,1,11H2,2H3,(H,19,24). The first kappa shape index (κ1) is 16.4. The predicted octanol–water partition coefficient (Wildman–Crippen LogP) is 2.69. The van der Waals surface area contributed by atoms with Gasteiger partial charge in [-0.1, -0.05) is 36.9 Å². The Hall–Kier alpha value is -3.48. The first-order chi connectivity index (χ1) is 12.2. The fourth-order valence-corrected chi connectivity index (χ4v) is 2.34. The average Bonchev–Trinajstić information content (AvgIpc) is 3.06. The van der Waals surface area contributed by atoms with E-state index in [0.29, 0.717) is 29.4 Å². The topological polar surface area (TPSA) is 81.9 Å². The number of anilines is 1. The molecular weight excluding hydrogens is 318 g/mol. The normalized spacial score (nSPS) is 10.3. The van der Waals surface area contributed by atoms with Crippen LogP contribution in [0.4, 0.5) is 5.69 Å². The van der Waals surface area contributed by atoms with Crippen LogP contribution in [0.1, 0.15) is 10.4 Å². The maximum atomic E-state index is 12.6. The van der Waals surface area contributed by atoms with Gasteiger partial charge in [-0.25, -0.2) is 4.68 Å². The number of carbonyl (C=O) groups is 1. The number of benzene rings is 2. The Morgan fingerprint density at radius 2 is 2.12 bits per heavy atom. The number of ether oxygens (including phenoxy) is 1. The zero-order chi connectivity index (χ0) is 17.6. The molecule has 1 aromatic heterocycles. The van der Waals surface area contributed by atoms with Crippen LogP contribution in [0.25, 0.3) is 11.4 Å². The second kappa shape index (κ2) is 7.39. The van der Waals surface area contributed by atoms with E-state index < -0.39 is 0 Å². The molecule has 1 N–H and O–H groups in total. The number of nitrogens with one attached hydrogen (secondary N) is 1. The van der Waals surface area contributed by atoms with Gasteiger partial charge in [0.1, 0.15) is 12.4 Å². The number of aromatic nitrogens is 4. The van der Waals surface area contributed by atoms with Crippen molar-refractivity contribution < 1.29 is 9.53 Å². The lowest BCUT2D eigenvalue weighted by Crippen LogP contribution is -2.13. The van der Waals surface area contributed by atoms with Gasteiger partial charge in [-0.2, -0.15) is 0 Å². The highest BCUT2D eigenvalue weighted by Gasteiger charge is 2.13. The van der Waals surface area contributed by atoms with Crippen LogP contribution in [0.15, 0.2) is 61.2 Å². The third kappa shape index (κ3) is 3.72. The largest absolute Gasteiger partial charge is 0.489 e. The van der Waals surface area contributed by atoms with Gasteiger partial charge in [0.05, 0.1) is 5.56 Å². The van der Waals surface area contributed by atoms with Gasteiger partial charge in [0, 0.05) is 18.3 Å². The third-order valence-corrected chi connectivity index (χ3v) is 3.49. The summed E-state index contributed by atoms with van der Waals surface area (Å²) in [5.41, 5.74) is 1.90. The molecule has 0 aliphatic heterocycles. The van der Waals surface area contributed by atoms with Crippen LogP contribution in [0.3, 0.4) is 0 Å². The van der Waals surface area contributed by atoms with E-state index in [1.165, 1.54) is 0 Å². The van der Waals surface area contributed by atoms with Gasteiger partial charge < -0.3 is 10.1 Å². The number of hydrogen-bond donors (Lipinski definition) is 1. The molecule has 0 saturated heterocycles. The van der Waals surface area contributed by atoms with Crippen LogP contribution in [-0.2, 0) is 7.05 Å². The summed E-state index contributed by atoms with van der Waals surface area (Å²) in [7, 11) is 1.76. The Balaban J connectivity index is 1.82. The van der Waals surface area contributed by atoms with E-state index in [-0.39, 0.29) is 5.91 Å². The summed E-state index contributed by atoms with van der Waals surface area (Å²) in [4.78, 5) is 12.6. The number of tetrazole rings is 1. The fraction of sp³-hybridized carbons (Fsp3) is 0.111. The molecule has 0 aliphatic rings. The Kier molecular flexibility index (Phi) is 4.84. The predicted molar refractivity (Wildman–Crippen MR) is 94.3 cm³/mol. The maximum absolute atomic E-state index is 12.6. The zero-order valence-corrected chi connectivity index (χ0v) is 13.7. The van der Waals surface area contributed by atoms with Gasteiger partial charge in [-0.05, 0) is 34.7 Å². The molecule has 0 radical (unpaired) electrons. The van der Waals surface area contributed by atoms with Crippen LogP contribution in [0.5, 0.6) is 5.75 Å². The number of aryl methyl sites for hydroxylation is 1. The maximum Gasteiger partial charge on any atom is 0.259 e. The summed E-state index contributed by atoms with van der Waals surface area (Å²) in [6.07, 6.45) is 1.63. The molecule has 3 aromatic rings. The van der Waals surface area contributed by atoms with Gasteiger partial charge in [0.2, 0.25) is 0 Å². The molecule has 0 fully saturated rings. The summed E-state index contributed by atoms with van der Waals surface area (Å²) in [6, 6.07) is 14.4. The molecule has 25 heavy (non-hydrogen) atoms. The quantitative estimate of drug-likeness (QED) is 0.700. The Labute approximate surface area is 144 Å². The number of hydrogen-bond acceptors (Lipinski definition) is 5. The van der Waals surface area contributed by atoms with Gasteiger partial charge >= 0.3 is 0 Å². The number of nitrogens with zero attached hydrogens (tertiary/aromatic N) is 4. The van der Waals surface area contributed by atoms with Crippen LogP contribution in [0, 0.1) is 0 Å². The van der Waals surface area contributed by atoms with Gasteiger partial charge in [0.15, 0.2) is 5.82 Å². The Morgan fingerprint density at radius 1 is 1.28 bits per heavy atom. The van der Waals surface area contributed by atoms with Crippen LogP contribution in [0.2, 0.25) is 0 Å². The van der Waals surface area contributed by atoms with Crippen molar-refractivity contribution >= 4 is 11.6 Å². The molecule has 0 spiro atoms. The molecule has 7 heteroatoms. The minimum atomic E-state index is -0.257. The van der Waals surface area contributed by atoms with E-state index in [0.717, 1.165) is 5.56 Å². The molecule has 1 heterocycles. The number of rotatable bonds is 6. The van der Waals surface area contributed by atoms with Crippen molar-refractivity contribution in [2.45, 2.75) is 0 Å². The zero-order valence-electron chi connectivity index (χ0n) is 13.7. The van der Waals surface area contributed by atoms with Crippen molar-refractivity contribution in [1.82, 2.24) is 20.2 Å². The van der Waals surface area contributed by atoms with E-state index in [2.05, 4.69) is 27.4 Å². The second-order valence-corrected chi connectivity index (χ2v) is 5.26. The summed E-state index contributed by atoms with van der Waals surface area (Å²) >= 11 is 0. The summed E-state index contributed by atoms with van der Waals surface area (Å²) in [6.45, 7) is 3.95. The lowest BCUT2D eigenvalue weighted by Gasteiger charge is -2.11. The van der Waals surface area contributed by atoms with Crippen molar-refractivity contribution in [3.8, 4) is 17.1 Å². The minimum absolute atomic E-state index is 0.257. The first-order valence-electron chi connectivity index (χ1n) is 7.66. The van der Waals surface area contributed by atoms with Crippen molar-refractivity contribution in [2.75, 3.05) is 11.9 Å². The molecule has 126 valence electrons. The van der Waals surface area contributed by atoms with E-state index in [4.69, 9.17) is 4.74 Å². The molecule has 2 aromatic carbocycles. The van der Waals surface area contributed by atoms with Crippen LogP contribution < -0.4 is 10.1 Å². The molecule has 3 rings (SSSR count). The van der Waals surface area contributed by atoms with E-state index in [1.54, 1.807) is 42.1 Å². The average molecular weight is 335 g/mol. The summed E-state index contributed by atoms with van der Waals surface area (Å²) in [5, 5.41) is 14.3. The molecule has 7 nitrogen and oxygen atoms in total. The molecule has 0 saturated carbocycles. The van der Waals surface area contributed by atoms with Crippen molar-refractivity contribution in [1.29, 1.82) is 0 Å². The van der Waals surface area contributed by atoms with E-state index >= 15 is 0 Å². The highest BCUT2D eigenvalue weighted by Crippen LogP contribution is 2.22. The van der Waals surface area contributed by atoms with E-state index in [9.17, 15) is 4.79 Å². The summed E-state index contributed by atoms with van der Waals surface area (Å²) in [5.74, 6) is 0.868.